The number of aliphatic carboxylic acids is 1. The first-order valence-corrected chi connectivity index (χ1v) is 7.73. The van der Waals surface area contributed by atoms with Gasteiger partial charge in [-0.05, 0) is 56.8 Å². The van der Waals surface area contributed by atoms with Crippen LogP contribution >= 0.6 is 0 Å². The third kappa shape index (κ3) is 2.55. The van der Waals surface area contributed by atoms with E-state index in [1.165, 1.54) is 25.7 Å². The van der Waals surface area contributed by atoms with E-state index in [9.17, 15) is 9.59 Å². The van der Waals surface area contributed by atoms with Crippen molar-refractivity contribution < 1.29 is 19.4 Å². The topological polar surface area (TPSA) is 75.6 Å². The SMILES string of the molecule is CC(NC(=O)C1CCC(C(=O)O)O1)C1CC2CCC1C2. The van der Waals surface area contributed by atoms with Gasteiger partial charge in [-0.25, -0.2) is 4.79 Å². The van der Waals surface area contributed by atoms with Crippen molar-refractivity contribution in [1.29, 1.82) is 0 Å². The number of carbonyl (C=O) groups excluding carboxylic acids is 1. The van der Waals surface area contributed by atoms with E-state index in [1.807, 2.05) is 0 Å². The van der Waals surface area contributed by atoms with Crippen molar-refractivity contribution in [3.8, 4) is 0 Å². The first-order chi connectivity index (χ1) is 9.54. The van der Waals surface area contributed by atoms with E-state index < -0.39 is 18.2 Å². The van der Waals surface area contributed by atoms with Crippen molar-refractivity contribution >= 4 is 11.9 Å². The van der Waals surface area contributed by atoms with Gasteiger partial charge in [0.25, 0.3) is 0 Å². The number of carboxylic acids is 1. The third-order valence-corrected chi connectivity index (χ3v) is 5.39. The summed E-state index contributed by atoms with van der Waals surface area (Å²) in [7, 11) is 0. The molecule has 5 nitrogen and oxygen atoms in total. The summed E-state index contributed by atoms with van der Waals surface area (Å²) in [5, 5.41) is 11.9. The van der Waals surface area contributed by atoms with E-state index >= 15 is 0 Å². The lowest BCUT2D eigenvalue weighted by atomic mass is 9.84. The Morgan fingerprint density at radius 3 is 2.45 bits per heavy atom. The number of amides is 1. The summed E-state index contributed by atoms with van der Waals surface area (Å²) in [4.78, 5) is 23.0. The van der Waals surface area contributed by atoms with Crippen molar-refractivity contribution in [3.05, 3.63) is 0 Å². The van der Waals surface area contributed by atoms with Crippen LogP contribution in [0.3, 0.4) is 0 Å². The van der Waals surface area contributed by atoms with E-state index in [0.29, 0.717) is 18.8 Å². The summed E-state index contributed by atoms with van der Waals surface area (Å²) in [6, 6.07) is 0.172. The van der Waals surface area contributed by atoms with Crippen LogP contribution in [0.15, 0.2) is 0 Å². The average molecular weight is 281 g/mol. The summed E-state index contributed by atoms with van der Waals surface area (Å²) < 4.78 is 5.30. The lowest BCUT2D eigenvalue weighted by molar-refractivity contribution is -0.152. The highest BCUT2D eigenvalue weighted by atomic mass is 16.5. The van der Waals surface area contributed by atoms with Crippen LogP contribution in [-0.4, -0.2) is 35.2 Å². The van der Waals surface area contributed by atoms with Crippen LogP contribution in [0.2, 0.25) is 0 Å². The van der Waals surface area contributed by atoms with Gasteiger partial charge in [-0.2, -0.15) is 0 Å². The Labute approximate surface area is 119 Å². The molecule has 1 heterocycles. The number of hydrogen-bond donors (Lipinski definition) is 2. The second kappa shape index (κ2) is 5.35. The molecule has 1 saturated heterocycles. The molecule has 112 valence electrons. The summed E-state index contributed by atoms with van der Waals surface area (Å²) in [5.74, 6) is 1.12. The molecule has 3 rings (SSSR count). The Bertz CT molecular complexity index is 411. The first-order valence-electron chi connectivity index (χ1n) is 7.73. The van der Waals surface area contributed by atoms with Gasteiger partial charge < -0.3 is 15.2 Å². The number of fused-ring (bicyclic) bond motifs is 2. The quantitative estimate of drug-likeness (QED) is 0.820. The highest BCUT2D eigenvalue weighted by Crippen LogP contribution is 2.49. The van der Waals surface area contributed by atoms with Crippen molar-refractivity contribution in [2.75, 3.05) is 0 Å². The third-order valence-electron chi connectivity index (χ3n) is 5.39. The van der Waals surface area contributed by atoms with E-state index in [-0.39, 0.29) is 11.9 Å². The number of nitrogens with one attached hydrogen (secondary N) is 1. The molecule has 6 atom stereocenters. The maximum atomic E-state index is 12.2. The highest BCUT2D eigenvalue weighted by molar-refractivity contribution is 5.82. The van der Waals surface area contributed by atoms with Gasteiger partial charge in [0.1, 0.15) is 6.10 Å². The van der Waals surface area contributed by atoms with Gasteiger partial charge in [0, 0.05) is 6.04 Å². The molecule has 20 heavy (non-hydrogen) atoms. The van der Waals surface area contributed by atoms with Crippen LogP contribution < -0.4 is 5.32 Å². The second-order valence-electron chi connectivity index (χ2n) is 6.66. The molecule has 3 aliphatic rings. The molecular formula is C15H23NO4. The molecule has 0 radical (unpaired) electrons. The molecule has 0 aromatic heterocycles. The first kappa shape index (κ1) is 13.9. The van der Waals surface area contributed by atoms with Crippen LogP contribution in [0.25, 0.3) is 0 Å². The molecule has 0 aromatic rings. The lowest BCUT2D eigenvalue weighted by Gasteiger charge is -2.29. The van der Waals surface area contributed by atoms with Gasteiger partial charge in [-0.3, -0.25) is 4.79 Å². The van der Waals surface area contributed by atoms with E-state index in [4.69, 9.17) is 9.84 Å². The second-order valence-corrected chi connectivity index (χ2v) is 6.66. The summed E-state index contributed by atoms with van der Waals surface area (Å²) in [5.41, 5.74) is 0. The summed E-state index contributed by atoms with van der Waals surface area (Å²) >= 11 is 0. The van der Waals surface area contributed by atoms with Crippen LogP contribution in [0.5, 0.6) is 0 Å². The fraction of sp³-hybridized carbons (Fsp3) is 0.867. The number of carboxylic acid groups (broad SMARTS) is 1. The summed E-state index contributed by atoms with van der Waals surface area (Å²) in [6.07, 6.45) is 4.74. The van der Waals surface area contributed by atoms with Gasteiger partial charge in [-0.1, -0.05) is 6.42 Å². The number of rotatable bonds is 4. The molecule has 0 aromatic carbocycles. The average Bonchev–Trinajstić information content (AvgIpc) is 3.14. The fourth-order valence-electron chi connectivity index (χ4n) is 4.34. The minimum atomic E-state index is -0.971. The predicted molar refractivity (Wildman–Crippen MR) is 72.1 cm³/mol. The van der Waals surface area contributed by atoms with E-state index in [2.05, 4.69) is 12.2 Å². The molecule has 1 aliphatic heterocycles. The van der Waals surface area contributed by atoms with E-state index in [0.717, 1.165) is 11.8 Å². The zero-order chi connectivity index (χ0) is 14.3. The highest BCUT2D eigenvalue weighted by Gasteiger charge is 2.43. The monoisotopic (exact) mass is 281 g/mol. The predicted octanol–water partition coefficient (Wildman–Crippen LogP) is 1.56. The van der Waals surface area contributed by atoms with Gasteiger partial charge in [-0.15, -0.1) is 0 Å². The smallest absolute Gasteiger partial charge is 0.332 e. The van der Waals surface area contributed by atoms with E-state index in [1.54, 1.807) is 0 Å². The van der Waals surface area contributed by atoms with Crippen molar-refractivity contribution in [1.82, 2.24) is 5.32 Å². The lowest BCUT2D eigenvalue weighted by Crippen LogP contribution is -2.45. The Kier molecular flexibility index (Phi) is 3.71. The van der Waals surface area contributed by atoms with Gasteiger partial charge in [0.05, 0.1) is 0 Å². The Morgan fingerprint density at radius 2 is 1.90 bits per heavy atom. The van der Waals surface area contributed by atoms with Crippen LogP contribution in [-0.2, 0) is 14.3 Å². The minimum Gasteiger partial charge on any atom is -0.479 e. The molecule has 2 N–H and O–H groups in total. The van der Waals surface area contributed by atoms with Crippen LogP contribution in [0, 0.1) is 17.8 Å². The molecule has 2 bridgehead atoms. The molecule has 2 saturated carbocycles. The molecule has 6 unspecified atom stereocenters. The molecular weight excluding hydrogens is 258 g/mol. The normalized spacial score (nSPS) is 40.8. The maximum absolute atomic E-state index is 12.2. The Balaban J connectivity index is 1.50. The summed E-state index contributed by atoms with van der Waals surface area (Å²) in [6.45, 7) is 2.08. The van der Waals surface area contributed by atoms with Gasteiger partial charge in [0.2, 0.25) is 5.91 Å². The van der Waals surface area contributed by atoms with Crippen molar-refractivity contribution in [2.45, 2.75) is 63.7 Å². The largest absolute Gasteiger partial charge is 0.479 e. The van der Waals surface area contributed by atoms with Crippen molar-refractivity contribution in [3.63, 3.8) is 0 Å². The molecule has 1 amide bonds. The van der Waals surface area contributed by atoms with Crippen molar-refractivity contribution in [2.24, 2.45) is 17.8 Å². The number of hydrogen-bond acceptors (Lipinski definition) is 3. The molecule has 3 fully saturated rings. The van der Waals surface area contributed by atoms with Gasteiger partial charge in [0.15, 0.2) is 6.10 Å². The fourth-order valence-corrected chi connectivity index (χ4v) is 4.34. The maximum Gasteiger partial charge on any atom is 0.332 e. The van der Waals surface area contributed by atoms with Crippen LogP contribution in [0.4, 0.5) is 0 Å². The Hall–Kier alpha value is -1.10. The standard InChI is InChI=1S/C15H23NO4/c1-8(11-7-9-2-3-10(11)6-9)16-14(17)12-4-5-13(20-12)15(18)19/h8-13H,2-7H2,1H3,(H,16,17)(H,18,19). The molecule has 0 spiro atoms. The molecule has 5 heteroatoms. The zero-order valence-corrected chi connectivity index (χ0v) is 11.9. The molecule has 2 aliphatic carbocycles. The minimum absolute atomic E-state index is 0.135. The Morgan fingerprint density at radius 1 is 1.15 bits per heavy atom. The van der Waals surface area contributed by atoms with Gasteiger partial charge >= 0.3 is 5.97 Å². The number of carbonyl (C=O) groups is 2. The zero-order valence-electron chi connectivity index (χ0n) is 11.9. The number of ether oxygens (including phenoxy) is 1. The van der Waals surface area contributed by atoms with Crippen LogP contribution in [0.1, 0.15) is 45.4 Å².